The molecule has 3 fully saturated rings. The first-order valence-electron chi connectivity index (χ1n) is 6.41. The number of nitrogens with one attached hydrogen (secondary N) is 4. The molecule has 8 heteroatoms. The first-order chi connectivity index (χ1) is 7.24. The minimum absolute atomic E-state index is 1.33. The van der Waals surface area contributed by atoms with Gasteiger partial charge in [0.2, 0.25) is 0 Å². The van der Waals surface area contributed by atoms with Gasteiger partial charge in [0.05, 0.1) is 0 Å². The van der Waals surface area contributed by atoms with E-state index in [2.05, 4.69) is 44.8 Å². The summed E-state index contributed by atoms with van der Waals surface area (Å²) in [4.78, 5) is 0. The van der Waals surface area contributed by atoms with E-state index in [0.29, 0.717) is 0 Å². The largest absolute Gasteiger partial charge is 0.336 e. The Morgan fingerprint density at radius 2 is 0.688 bits per heavy atom. The summed E-state index contributed by atoms with van der Waals surface area (Å²) in [7, 11) is -5.33. The number of fused-ring (bicyclic) bond motifs is 4. The van der Waals surface area contributed by atoms with Crippen molar-refractivity contribution in [3.8, 4) is 0 Å². The van der Waals surface area contributed by atoms with E-state index in [1.165, 1.54) is 24.2 Å². The molecule has 4 nitrogen and oxygen atoms in total. The first-order valence-corrected chi connectivity index (χ1v) is 17.2. The van der Waals surface area contributed by atoms with E-state index < -0.39 is 33.6 Å². The molecule has 3 heterocycles. The van der Waals surface area contributed by atoms with Crippen LogP contribution in [0.3, 0.4) is 0 Å². The second-order valence-electron chi connectivity index (χ2n) is 6.83. The second-order valence-corrected chi connectivity index (χ2v) is 23.5. The van der Waals surface area contributed by atoms with E-state index in [9.17, 15) is 0 Å². The van der Waals surface area contributed by atoms with Crippen LogP contribution in [-0.2, 0) is 0 Å². The summed E-state index contributed by atoms with van der Waals surface area (Å²) in [5, 5.41) is 0. The maximum absolute atomic E-state index is 4.13. The molecule has 16 heavy (non-hydrogen) atoms. The summed E-state index contributed by atoms with van der Waals surface area (Å²) in [5.74, 6) is 0. The molecule has 0 aromatic carbocycles. The first kappa shape index (κ1) is 11.8. The van der Waals surface area contributed by atoms with Crippen LogP contribution >= 0.6 is 0 Å². The SMILES string of the molecule is C[Si]12CC[Si](C)(N1)N[Si]1(C)CC[Si](C)(N1)N2. The van der Waals surface area contributed by atoms with Crippen molar-refractivity contribution in [3.05, 3.63) is 0 Å². The topological polar surface area (TPSA) is 48.1 Å². The van der Waals surface area contributed by atoms with Gasteiger partial charge in [-0.3, -0.25) is 0 Å². The summed E-state index contributed by atoms with van der Waals surface area (Å²) in [6, 6.07) is 5.71. The van der Waals surface area contributed by atoms with Gasteiger partial charge in [0.15, 0.2) is 33.6 Å². The highest BCUT2D eigenvalue weighted by molar-refractivity contribution is 7.10. The molecular formula is C8H24N4Si4. The Morgan fingerprint density at radius 3 is 0.875 bits per heavy atom. The van der Waals surface area contributed by atoms with Crippen LogP contribution in [0.15, 0.2) is 0 Å². The van der Waals surface area contributed by atoms with Gasteiger partial charge < -0.3 is 18.6 Å². The van der Waals surface area contributed by atoms with Crippen molar-refractivity contribution in [1.29, 1.82) is 0 Å². The molecule has 4 bridgehead atoms. The fourth-order valence-electron chi connectivity index (χ4n) is 4.06. The lowest BCUT2D eigenvalue weighted by atomic mass is 10.9. The molecule has 3 aliphatic rings. The molecule has 0 atom stereocenters. The van der Waals surface area contributed by atoms with Crippen molar-refractivity contribution in [3.63, 3.8) is 0 Å². The van der Waals surface area contributed by atoms with Gasteiger partial charge in [-0.15, -0.1) is 0 Å². The predicted octanol–water partition coefficient (Wildman–Crippen LogP) is 0.674. The average Bonchev–Trinajstić information content (AvgIpc) is 2.51. The van der Waals surface area contributed by atoms with Gasteiger partial charge in [-0.25, -0.2) is 0 Å². The zero-order valence-corrected chi connectivity index (χ0v) is 14.8. The molecule has 4 N–H and O–H groups in total. The minimum atomic E-state index is -1.33. The van der Waals surface area contributed by atoms with Crippen molar-refractivity contribution in [2.75, 3.05) is 0 Å². The van der Waals surface area contributed by atoms with Crippen molar-refractivity contribution in [2.24, 2.45) is 0 Å². The monoisotopic (exact) mass is 288 g/mol. The third kappa shape index (κ3) is 1.84. The Bertz CT molecular complexity index is 284. The van der Waals surface area contributed by atoms with E-state index in [1.807, 2.05) is 0 Å². The fraction of sp³-hybridized carbons (Fsp3) is 1.00. The number of hydrogen-bond donors (Lipinski definition) is 4. The third-order valence-electron chi connectivity index (χ3n) is 4.46. The van der Waals surface area contributed by atoms with E-state index >= 15 is 0 Å². The van der Waals surface area contributed by atoms with Crippen molar-refractivity contribution in [1.82, 2.24) is 18.6 Å². The van der Waals surface area contributed by atoms with Gasteiger partial charge >= 0.3 is 0 Å². The lowest BCUT2D eigenvalue weighted by Crippen LogP contribution is -2.83. The summed E-state index contributed by atoms with van der Waals surface area (Å²) >= 11 is 0. The standard InChI is InChI=1S/C8H24N4Si4/c1-13-5-6-14(2,9-13)12-16(4)8-7-15(3,10-16)11-13/h9-12H,5-8H2,1-4H3. The molecule has 92 valence electrons. The molecule has 3 rings (SSSR count). The summed E-state index contributed by atoms with van der Waals surface area (Å²) in [6.07, 6.45) is 0. The van der Waals surface area contributed by atoms with Crippen LogP contribution in [0.2, 0.25) is 50.4 Å². The molecular weight excluding hydrogens is 264 g/mol. The van der Waals surface area contributed by atoms with Crippen LogP contribution < -0.4 is 18.6 Å². The van der Waals surface area contributed by atoms with E-state index in [1.54, 1.807) is 0 Å². The Balaban J connectivity index is 1.98. The molecule has 0 amide bonds. The van der Waals surface area contributed by atoms with Crippen LogP contribution in [0.1, 0.15) is 0 Å². The average molecular weight is 289 g/mol. The van der Waals surface area contributed by atoms with E-state index in [0.717, 1.165) is 0 Å². The maximum atomic E-state index is 4.13. The van der Waals surface area contributed by atoms with Gasteiger partial charge in [0.1, 0.15) is 0 Å². The molecule has 0 aromatic rings. The molecule has 3 saturated heterocycles. The quantitative estimate of drug-likeness (QED) is 0.495. The van der Waals surface area contributed by atoms with Gasteiger partial charge in [-0.05, 0) is 50.4 Å². The van der Waals surface area contributed by atoms with E-state index in [4.69, 9.17) is 0 Å². The highest BCUT2D eigenvalue weighted by Crippen LogP contribution is 2.33. The summed E-state index contributed by atoms with van der Waals surface area (Å²) in [5.41, 5.74) is 0. The third-order valence-corrected chi connectivity index (χ3v) is 28.1. The second kappa shape index (κ2) is 3.18. The predicted molar refractivity (Wildman–Crippen MR) is 78.2 cm³/mol. The van der Waals surface area contributed by atoms with Crippen molar-refractivity contribution >= 4 is 33.6 Å². The fourth-order valence-corrected chi connectivity index (χ4v) is 38.8. The van der Waals surface area contributed by atoms with E-state index in [-0.39, 0.29) is 0 Å². The Hall–Kier alpha value is 0.708. The van der Waals surface area contributed by atoms with Gasteiger partial charge in [0, 0.05) is 0 Å². The van der Waals surface area contributed by atoms with Gasteiger partial charge in [-0.1, -0.05) is 0 Å². The maximum Gasteiger partial charge on any atom is 0.186 e. The lowest BCUT2D eigenvalue weighted by Gasteiger charge is -2.43. The molecule has 0 radical (unpaired) electrons. The minimum Gasteiger partial charge on any atom is -0.336 e. The Morgan fingerprint density at radius 1 is 0.500 bits per heavy atom. The molecule has 0 spiro atoms. The molecule has 0 unspecified atom stereocenters. The van der Waals surface area contributed by atoms with Crippen LogP contribution in [0.5, 0.6) is 0 Å². The number of rotatable bonds is 0. The van der Waals surface area contributed by atoms with Crippen LogP contribution in [0, 0.1) is 0 Å². The molecule has 0 aliphatic carbocycles. The van der Waals surface area contributed by atoms with Crippen LogP contribution in [-0.4, -0.2) is 33.6 Å². The summed E-state index contributed by atoms with van der Waals surface area (Å²) < 4.78 is 16.4. The van der Waals surface area contributed by atoms with Crippen LogP contribution in [0.25, 0.3) is 0 Å². The smallest absolute Gasteiger partial charge is 0.186 e. The Labute approximate surface area is 103 Å². The highest BCUT2D eigenvalue weighted by Gasteiger charge is 2.58. The van der Waals surface area contributed by atoms with Crippen molar-refractivity contribution < 1.29 is 0 Å². The van der Waals surface area contributed by atoms with Gasteiger partial charge in [-0.2, -0.15) is 0 Å². The Kier molecular flexibility index (Phi) is 2.34. The zero-order valence-electron chi connectivity index (χ0n) is 10.8. The normalized spacial score (nSPS) is 60.8. The number of hydrogen-bond acceptors (Lipinski definition) is 4. The zero-order chi connectivity index (χ0) is 11.7. The van der Waals surface area contributed by atoms with Gasteiger partial charge in [0.25, 0.3) is 0 Å². The van der Waals surface area contributed by atoms with Crippen LogP contribution in [0.4, 0.5) is 0 Å². The summed E-state index contributed by atoms with van der Waals surface area (Å²) in [6.45, 7) is 9.98. The molecule has 3 aliphatic heterocycles. The molecule has 0 aromatic heterocycles. The van der Waals surface area contributed by atoms with Crippen molar-refractivity contribution in [2.45, 2.75) is 50.4 Å². The molecule has 0 saturated carbocycles. The lowest BCUT2D eigenvalue weighted by molar-refractivity contribution is 1.09. The highest BCUT2D eigenvalue weighted by atomic mass is 28.5.